The number of likely N-dealkylation sites (tertiary alicyclic amines) is 1. The topological polar surface area (TPSA) is 26.7 Å². The minimum Gasteiger partial charge on any atom is -0.387 e. The van der Waals surface area contributed by atoms with Crippen molar-refractivity contribution in [1.29, 1.82) is 0 Å². The van der Waals surface area contributed by atoms with Gasteiger partial charge in [0.15, 0.2) is 0 Å². The van der Waals surface area contributed by atoms with E-state index in [0.717, 1.165) is 18.5 Å². The number of hydrogen-bond donors (Lipinski definition) is 1. The standard InChI is InChI=1S/C17H26N2O/c1-3-19-10-8-14(9-11-19)18(2)16-12-13-6-4-5-7-15(13)17(16)20/h4-7,14,16-17,20H,3,8-12H2,1-2H3. The van der Waals surface area contributed by atoms with E-state index in [9.17, 15) is 5.11 Å². The first-order valence-electron chi connectivity index (χ1n) is 7.91. The first kappa shape index (κ1) is 14.1. The SMILES string of the molecule is CCN1CCC(N(C)C2Cc3ccccc3C2O)CC1. The predicted octanol–water partition coefficient (Wildman–Crippen LogP) is 2.06. The van der Waals surface area contributed by atoms with Crippen molar-refractivity contribution in [3.05, 3.63) is 35.4 Å². The summed E-state index contributed by atoms with van der Waals surface area (Å²) < 4.78 is 0. The Morgan fingerprint density at radius 2 is 1.95 bits per heavy atom. The fourth-order valence-corrected chi connectivity index (χ4v) is 3.83. The number of rotatable bonds is 3. The molecule has 1 fully saturated rings. The van der Waals surface area contributed by atoms with Crippen LogP contribution < -0.4 is 0 Å². The molecule has 0 aromatic heterocycles. The van der Waals surface area contributed by atoms with Gasteiger partial charge in [0.05, 0.1) is 6.10 Å². The molecular formula is C17H26N2O. The molecule has 0 radical (unpaired) electrons. The fourth-order valence-electron chi connectivity index (χ4n) is 3.83. The summed E-state index contributed by atoms with van der Waals surface area (Å²) in [6.07, 6.45) is 3.12. The second kappa shape index (κ2) is 5.84. The van der Waals surface area contributed by atoms with Crippen molar-refractivity contribution in [3.63, 3.8) is 0 Å². The van der Waals surface area contributed by atoms with Crippen LogP contribution in [0.5, 0.6) is 0 Å². The molecule has 2 atom stereocenters. The third-order valence-corrected chi connectivity index (χ3v) is 5.27. The minimum absolute atomic E-state index is 0.255. The smallest absolute Gasteiger partial charge is 0.0951 e. The van der Waals surface area contributed by atoms with Gasteiger partial charge in [0, 0.05) is 12.1 Å². The Labute approximate surface area is 122 Å². The van der Waals surface area contributed by atoms with Crippen molar-refractivity contribution in [2.75, 3.05) is 26.7 Å². The summed E-state index contributed by atoms with van der Waals surface area (Å²) in [5.41, 5.74) is 2.46. The quantitative estimate of drug-likeness (QED) is 0.914. The van der Waals surface area contributed by atoms with Crippen molar-refractivity contribution < 1.29 is 5.11 Å². The average Bonchev–Trinajstić information content (AvgIpc) is 2.84. The zero-order valence-electron chi connectivity index (χ0n) is 12.6. The molecule has 20 heavy (non-hydrogen) atoms. The van der Waals surface area contributed by atoms with Gasteiger partial charge in [-0.3, -0.25) is 4.90 Å². The third-order valence-electron chi connectivity index (χ3n) is 5.27. The van der Waals surface area contributed by atoms with E-state index in [1.165, 1.54) is 31.5 Å². The Morgan fingerprint density at radius 3 is 2.60 bits per heavy atom. The zero-order chi connectivity index (χ0) is 14.1. The lowest BCUT2D eigenvalue weighted by atomic mass is 10.00. The molecule has 3 heteroatoms. The lowest BCUT2D eigenvalue weighted by Gasteiger charge is -2.40. The van der Waals surface area contributed by atoms with E-state index in [2.05, 4.69) is 42.0 Å². The molecule has 0 saturated carbocycles. The number of piperidine rings is 1. The van der Waals surface area contributed by atoms with Gasteiger partial charge in [-0.2, -0.15) is 0 Å². The van der Waals surface area contributed by atoms with E-state index in [-0.39, 0.29) is 12.1 Å². The van der Waals surface area contributed by atoms with Gasteiger partial charge in [-0.25, -0.2) is 0 Å². The largest absolute Gasteiger partial charge is 0.387 e. The number of nitrogens with zero attached hydrogens (tertiary/aromatic N) is 2. The lowest BCUT2D eigenvalue weighted by molar-refractivity contribution is 0.0300. The van der Waals surface area contributed by atoms with Gasteiger partial charge in [0.2, 0.25) is 0 Å². The molecule has 0 bridgehead atoms. The fraction of sp³-hybridized carbons (Fsp3) is 0.647. The molecule has 2 unspecified atom stereocenters. The second-order valence-electron chi connectivity index (χ2n) is 6.25. The summed E-state index contributed by atoms with van der Waals surface area (Å²) >= 11 is 0. The van der Waals surface area contributed by atoms with E-state index in [0.29, 0.717) is 6.04 Å². The summed E-state index contributed by atoms with van der Waals surface area (Å²) in [4.78, 5) is 4.96. The van der Waals surface area contributed by atoms with Gasteiger partial charge < -0.3 is 10.0 Å². The van der Waals surface area contributed by atoms with Crippen molar-refractivity contribution in [3.8, 4) is 0 Å². The minimum atomic E-state index is -0.319. The van der Waals surface area contributed by atoms with Crippen LogP contribution in [-0.4, -0.2) is 53.7 Å². The molecule has 1 aromatic carbocycles. The molecule has 0 spiro atoms. The summed E-state index contributed by atoms with van der Waals surface area (Å²) in [6, 6.07) is 9.22. The van der Waals surface area contributed by atoms with Gasteiger partial charge in [-0.15, -0.1) is 0 Å². The molecule has 0 amide bonds. The summed E-state index contributed by atoms with van der Waals surface area (Å²) in [5.74, 6) is 0. The Balaban J connectivity index is 1.66. The van der Waals surface area contributed by atoms with E-state index in [4.69, 9.17) is 0 Å². The lowest BCUT2D eigenvalue weighted by Crippen LogP contribution is -2.48. The maximum atomic E-state index is 10.6. The maximum absolute atomic E-state index is 10.6. The molecular weight excluding hydrogens is 248 g/mol. The van der Waals surface area contributed by atoms with Crippen molar-refractivity contribution in [2.45, 2.75) is 44.4 Å². The normalized spacial score (nSPS) is 28.0. The third kappa shape index (κ3) is 2.50. The maximum Gasteiger partial charge on any atom is 0.0951 e. The second-order valence-corrected chi connectivity index (χ2v) is 6.25. The number of aliphatic hydroxyl groups is 1. The highest BCUT2D eigenvalue weighted by molar-refractivity contribution is 5.35. The monoisotopic (exact) mass is 274 g/mol. The van der Waals surface area contributed by atoms with Gasteiger partial charge >= 0.3 is 0 Å². The van der Waals surface area contributed by atoms with E-state index >= 15 is 0 Å². The highest BCUT2D eigenvalue weighted by Crippen LogP contribution is 2.35. The summed E-state index contributed by atoms with van der Waals surface area (Å²) in [6.45, 7) is 5.79. The van der Waals surface area contributed by atoms with Crippen LogP contribution in [0.2, 0.25) is 0 Å². The first-order chi connectivity index (χ1) is 9.70. The molecule has 110 valence electrons. The molecule has 3 rings (SSSR count). The molecule has 1 aliphatic heterocycles. The highest BCUT2D eigenvalue weighted by Gasteiger charge is 2.36. The van der Waals surface area contributed by atoms with Crippen LogP contribution in [0.1, 0.15) is 37.0 Å². The van der Waals surface area contributed by atoms with Crippen LogP contribution in [0.15, 0.2) is 24.3 Å². The molecule has 1 heterocycles. The zero-order valence-corrected chi connectivity index (χ0v) is 12.6. The van der Waals surface area contributed by atoms with Crippen LogP contribution in [0.3, 0.4) is 0 Å². The van der Waals surface area contributed by atoms with Crippen LogP contribution in [0, 0.1) is 0 Å². The van der Waals surface area contributed by atoms with E-state index in [1.54, 1.807) is 0 Å². The summed E-state index contributed by atoms with van der Waals surface area (Å²) in [5, 5.41) is 10.6. The van der Waals surface area contributed by atoms with Gasteiger partial charge in [-0.1, -0.05) is 31.2 Å². The number of hydrogen-bond acceptors (Lipinski definition) is 3. The van der Waals surface area contributed by atoms with Gasteiger partial charge in [-0.05, 0) is 57.1 Å². The Morgan fingerprint density at radius 1 is 1.25 bits per heavy atom. The highest BCUT2D eigenvalue weighted by atomic mass is 16.3. The van der Waals surface area contributed by atoms with Gasteiger partial charge in [0.1, 0.15) is 0 Å². The van der Waals surface area contributed by atoms with Crippen LogP contribution >= 0.6 is 0 Å². The number of benzene rings is 1. The molecule has 1 aromatic rings. The number of aliphatic hydroxyl groups excluding tert-OH is 1. The van der Waals surface area contributed by atoms with Crippen molar-refractivity contribution >= 4 is 0 Å². The molecule has 2 aliphatic rings. The van der Waals surface area contributed by atoms with Crippen molar-refractivity contribution in [2.24, 2.45) is 0 Å². The van der Waals surface area contributed by atoms with Crippen molar-refractivity contribution in [1.82, 2.24) is 9.80 Å². The molecule has 1 aliphatic carbocycles. The van der Waals surface area contributed by atoms with Gasteiger partial charge in [0.25, 0.3) is 0 Å². The Bertz CT molecular complexity index is 454. The van der Waals surface area contributed by atoms with Crippen LogP contribution in [0.25, 0.3) is 0 Å². The predicted molar refractivity (Wildman–Crippen MR) is 81.8 cm³/mol. The summed E-state index contributed by atoms with van der Waals surface area (Å²) in [7, 11) is 2.20. The first-order valence-corrected chi connectivity index (χ1v) is 7.91. The molecule has 1 saturated heterocycles. The van der Waals surface area contributed by atoms with Crippen LogP contribution in [0.4, 0.5) is 0 Å². The number of fused-ring (bicyclic) bond motifs is 1. The van der Waals surface area contributed by atoms with Crippen LogP contribution in [-0.2, 0) is 6.42 Å². The number of likely N-dealkylation sites (N-methyl/N-ethyl adjacent to an activating group) is 1. The molecule has 1 N–H and O–H groups in total. The Hall–Kier alpha value is -0.900. The Kier molecular flexibility index (Phi) is 4.11. The average molecular weight is 274 g/mol. The van der Waals surface area contributed by atoms with E-state index in [1.807, 2.05) is 6.07 Å². The molecule has 3 nitrogen and oxygen atoms in total. The van der Waals surface area contributed by atoms with E-state index < -0.39 is 0 Å².